The molecule has 1 heterocycles. The smallest absolute Gasteiger partial charge is 0.0957 e. The van der Waals surface area contributed by atoms with Crippen LogP contribution in [0.3, 0.4) is 0 Å². The Labute approximate surface area is 135 Å². The van der Waals surface area contributed by atoms with Crippen LogP contribution < -0.4 is 9.32 Å². The molecule has 0 bridgehead atoms. The van der Waals surface area contributed by atoms with Gasteiger partial charge < -0.3 is 4.90 Å². The van der Waals surface area contributed by atoms with Crippen LogP contribution in [0.2, 0.25) is 0 Å². The minimum atomic E-state index is 1.06. The third kappa shape index (κ3) is 2.49. The van der Waals surface area contributed by atoms with Crippen LogP contribution in [0.4, 0.5) is 17.1 Å². The average molecular weight is 319 g/mol. The molecule has 4 heteroatoms. The maximum absolute atomic E-state index is 6.69. The minimum Gasteiger partial charge on any atom is -0.376 e. The predicted octanol–water partition coefficient (Wildman–Crippen LogP) is 5.46. The monoisotopic (exact) mass is 318 g/mol. The van der Waals surface area contributed by atoms with Crippen molar-refractivity contribution in [1.29, 1.82) is 0 Å². The number of para-hydroxylation sites is 1. The van der Waals surface area contributed by atoms with Crippen LogP contribution in [0.25, 0.3) is 0 Å². The second kappa shape index (κ2) is 5.82. The number of rotatable bonds is 3. The summed E-state index contributed by atoms with van der Waals surface area (Å²) >= 11 is 8.48. The highest BCUT2D eigenvalue weighted by molar-refractivity contribution is 7.99. The van der Waals surface area contributed by atoms with E-state index in [1.54, 1.807) is 11.8 Å². The Bertz CT molecular complexity index is 670. The van der Waals surface area contributed by atoms with Crippen LogP contribution in [0.5, 0.6) is 0 Å². The number of fused-ring (bicyclic) bond motifs is 2. The van der Waals surface area contributed by atoms with E-state index in [-0.39, 0.29) is 0 Å². The molecule has 0 spiro atoms. The van der Waals surface area contributed by atoms with Crippen molar-refractivity contribution in [2.45, 2.75) is 29.6 Å². The summed E-state index contributed by atoms with van der Waals surface area (Å²) in [4.78, 5) is 4.59. The van der Waals surface area contributed by atoms with E-state index < -0.39 is 0 Å². The third-order valence-electron chi connectivity index (χ3n) is 3.66. The van der Waals surface area contributed by atoms with E-state index in [4.69, 9.17) is 11.8 Å². The van der Waals surface area contributed by atoms with Gasteiger partial charge in [0.25, 0.3) is 0 Å². The largest absolute Gasteiger partial charge is 0.376 e. The van der Waals surface area contributed by atoms with Crippen LogP contribution in [-0.4, -0.2) is 14.1 Å². The van der Waals surface area contributed by atoms with Crippen molar-refractivity contribution >= 4 is 40.6 Å². The number of aryl methyl sites for hydroxylation is 1. The zero-order chi connectivity index (χ0) is 15.0. The first-order chi connectivity index (χ1) is 10.1. The molecule has 0 aliphatic carbocycles. The van der Waals surface area contributed by atoms with Crippen LogP contribution in [0, 0.1) is 0 Å². The molecule has 110 valence electrons. The number of nitrogens with zero attached hydrogens (tertiary/aromatic N) is 2. The van der Waals surface area contributed by atoms with Crippen molar-refractivity contribution in [1.82, 2.24) is 0 Å². The zero-order valence-electron chi connectivity index (χ0n) is 12.6. The summed E-state index contributed by atoms with van der Waals surface area (Å²) in [5.41, 5.74) is 4.75. The highest BCUT2D eigenvalue weighted by Gasteiger charge is 2.27. The fourth-order valence-electron chi connectivity index (χ4n) is 2.79. The van der Waals surface area contributed by atoms with Crippen molar-refractivity contribution in [3.8, 4) is 0 Å². The molecule has 2 aromatic rings. The summed E-state index contributed by atoms with van der Waals surface area (Å²) in [7, 11) is 4.18. The van der Waals surface area contributed by atoms with Crippen LogP contribution in [0.1, 0.15) is 18.9 Å². The van der Waals surface area contributed by atoms with Gasteiger partial charge in [0.15, 0.2) is 0 Å². The standard InChI is InChI=1S/C17H19ClN2S/c1-4-7-12-10-11-15-17(16(12)19(2)3)20(18)13-8-5-6-9-14(13)21-15/h5-6,8-11H,4,7H2,1-3H3. The number of halogens is 1. The summed E-state index contributed by atoms with van der Waals surface area (Å²) < 4.78 is 1.82. The lowest BCUT2D eigenvalue weighted by molar-refractivity contribution is 0.909. The Morgan fingerprint density at radius 2 is 1.86 bits per heavy atom. The van der Waals surface area contributed by atoms with E-state index in [1.807, 2.05) is 10.5 Å². The van der Waals surface area contributed by atoms with E-state index in [2.05, 4.69) is 56.3 Å². The molecule has 2 aromatic carbocycles. The molecule has 3 rings (SSSR count). The molecule has 0 unspecified atom stereocenters. The summed E-state index contributed by atoms with van der Waals surface area (Å²) in [6.45, 7) is 2.21. The normalized spacial score (nSPS) is 12.9. The number of hydrogen-bond acceptors (Lipinski definition) is 3. The third-order valence-corrected chi connectivity index (χ3v) is 5.12. The van der Waals surface area contributed by atoms with Crippen molar-refractivity contribution in [3.05, 3.63) is 42.0 Å². The van der Waals surface area contributed by atoms with Crippen molar-refractivity contribution in [2.24, 2.45) is 0 Å². The molecular formula is C17H19ClN2S. The molecule has 1 aliphatic rings. The Balaban J connectivity index is 2.19. The summed E-state index contributed by atoms with van der Waals surface area (Å²) in [6, 6.07) is 12.7. The summed E-state index contributed by atoms with van der Waals surface area (Å²) in [5, 5.41) is 0. The van der Waals surface area contributed by atoms with E-state index in [0.717, 1.165) is 24.2 Å². The minimum absolute atomic E-state index is 1.06. The molecular weight excluding hydrogens is 300 g/mol. The van der Waals surface area contributed by atoms with Gasteiger partial charge in [-0.2, -0.15) is 0 Å². The van der Waals surface area contributed by atoms with Gasteiger partial charge in [-0.25, -0.2) is 4.42 Å². The number of anilines is 3. The summed E-state index contributed by atoms with van der Waals surface area (Å²) in [6.07, 6.45) is 2.20. The Morgan fingerprint density at radius 1 is 1.10 bits per heavy atom. The van der Waals surface area contributed by atoms with Crippen LogP contribution in [0.15, 0.2) is 46.2 Å². The Morgan fingerprint density at radius 3 is 2.57 bits per heavy atom. The first kappa shape index (κ1) is 14.6. The topological polar surface area (TPSA) is 6.48 Å². The van der Waals surface area contributed by atoms with Crippen molar-refractivity contribution < 1.29 is 0 Å². The Hall–Kier alpha value is -1.32. The number of benzene rings is 2. The molecule has 21 heavy (non-hydrogen) atoms. The van der Waals surface area contributed by atoms with Gasteiger partial charge in [0.05, 0.1) is 17.1 Å². The van der Waals surface area contributed by atoms with E-state index in [1.165, 1.54) is 21.0 Å². The van der Waals surface area contributed by atoms with Gasteiger partial charge in [-0.15, -0.1) is 0 Å². The molecule has 0 saturated heterocycles. The van der Waals surface area contributed by atoms with Crippen LogP contribution in [-0.2, 0) is 6.42 Å². The van der Waals surface area contributed by atoms with Gasteiger partial charge in [0, 0.05) is 35.7 Å². The maximum Gasteiger partial charge on any atom is 0.0957 e. The summed E-state index contributed by atoms with van der Waals surface area (Å²) in [5.74, 6) is 0. The van der Waals surface area contributed by atoms with Crippen molar-refractivity contribution in [2.75, 3.05) is 23.4 Å². The fraction of sp³-hybridized carbons (Fsp3) is 0.294. The van der Waals surface area contributed by atoms with Gasteiger partial charge in [0.1, 0.15) is 0 Å². The molecule has 2 nitrogen and oxygen atoms in total. The molecule has 0 aromatic heterocycles. The molecule has 0 saturated carbocycles. The Kier molecular flexibility index (Phi) is 4.05. The molecule has 0 N–H and O–H groups in total. The molecule has 0 radical (unpaired) electrons. The lowest BCUT2D eigenvalue weighted by atomic mass is 10.1. The first-order valence-corrected chi connectivity index (χ1v) is 8.35. The van der Waals surface area contributed by atoms with E-state index in [9.17, 15) is 0 Å². The molecule has 0 atom stereocenters. The van der Waals surface area contributed by atoms with Gasteiger partial charge in [-0.3, -0.25) is 0 Å². The van der Waals surface area contributed by atoms with Gasteiger partial charge in [0.2, 0.25) is 0 Å². The molecule has 0 fully saturated rings. The van der Waals surface area contributed by atoms with Gasteiger partial charge in [-0.05, 0) is 30.2 Å². The highest BCUT2D eigenvalue weighted by Crippen LogP contribution is 2.53. The second-order valence-electron chi connectivity index (χ2n) is 5.42. The lowest BCUT2D eigenvalue weighted by Gasteiger charge is -2.32. The van der Waals surface area contributed by atoms with Crippen molar-refractivity contribution in [3.63, 3.8) is 0 Å². The number of hydrogen-bond donors (Lipinski definition) is 0. The average Bonchev–Trinajstić information content (AvgIpc) is 2.48. The second-order valence-corrected chi connectivity index (χ2v) is 6.84. The van der Waals surface area contributed by atoms with Gasteiger partial charge >= 0.3 is 0 Å². The maximum atomic E-state index is 6.69. The first-order valence-electron chi connectivity index (χ1n) is 7.19. The predicted molar refractivity (Wildman–Crippen MR) is 93.3 cm³/mol. The molecule has 1 aliphatic heterocycles. The zero-order valence-corrected chi connectivity index (χ0v) is 14.1. The van der Waals surface area contributed by atoms with E-state index >= 15 is 0 Å². The van der Waals surface area contributed by atoms with Gasteiger partial charge in [-0.1, -0.05) is 43.3 Å². The highest BCUT2D eigenvalue weighted by atomic mass is 35.5. The SMILES string of the molecule is CCCc1ccc2c(c1N(C)C)N(Cl)c1ccccc1S2. The lowest BCUT2D eigenvalue weighted by Crippen LogP contribution is -2.18. The van der Waals surface area contributed by atoms with E-state index in [0.29, 0.717) is 0 Å². The molecule has 0 amide bonds. The fourth-order valence-corrected chi connectivity index (χ4v) is 4.28. The van der Waals surface area contributed by atoms with Crippen LogP contribution >= 0.6 is 23.5 Å². The quantitative estimate of drug-likeness (QED) is 0.694.